The molecule has 1 N–H and O–H groups in total. The fourth-order valence-corrected chi connectivity index (χ4v) is 3.32. The van der Waals surface area contributed by atoms with Crippen LogP contribution >= 0.6 is 11.3 Å². The summed E-state index contributed by atoms with van der Waals surface area (Å²) in [7, 11) is 0. The predicted octanol–water partition coefficient (Wildman–Crippen LogP) is 5.45. The van der Waals surface area contributed by atoms with Crippen molar-refractivity contribution < 1.29 is 27.1 Å². The molecule has 0 saturated carbocycles. The van der Waals surface area contributed by atoms with E-state index in [0.29, 0.717) is 21.1 Å². The van der Waals surface area contributed by atoms with E-state index in [1.807, 2.05) is 0 Å². The maximum atomic E-state index is 13.1. The van der Waals surface area contributed by atoms with Crippen molar-refractivity contribution >= 4 is 22.9 Å². The van der Waals surface area contributed by atoms with E-state index in [9.17, 15) is 22.4 Å². The zero-order chi connectivity index (χ0) is 20.3. The molecule has 0 atom stereocenters. The molecule has 28 heavy (non-hydrogen) atoms. The van der Waals surface area contributed by atoms with E-state index in [1.165, 1.54) is 30.3 Å². The summed E-state index contributed by atoms with van der Waals surface area (Å²) in [6.45, 7) is 0.179. The summed E-state index contributed by atoms with van der Waals surface area (Å²) in [6, 6.07) is 11.5. The van der Waals surface area contributed by atoms with Gasteiger partial charge in [0.25, 0.3) is 5.91 Å². The lowest BCUT2D eigenvalue weighted by Crippen LogP contribution is -2.20. The molecule has 3 aromatic rings. The first-order valence-electron chi connectivity index (χ1n) is 8.06. The number of amides is 1. The van der Waals surface area contributed by atoms with Crippen molar-refractivity contribution in [2.45, 2.75) is 13.1 Å². The van der Waals surface area contributed by atoms with Crippen LogP contribution in [0.3, 0.4) is 0 Å². The fourth-order valence-electron chi connectivity index (χ4n) is 2.36. The highest BCUT2D eigenvalue weighted by molar-refractivity contribution is 7.17. The van der Waals surface area contributed by atoms with Crippen LogP contribution in [0.1, 0.15) is 15.4 Å². The number of anilines is 1. The summed E-state index contributed by atoms with van der Waals surface area (Å²) in [4.78, 5) is 17.2. The third-order valence-corrected chi connectivity index (χ3v) is 4.83. The monoisotopic (exact) mass is 410 g/mol. The summed E-state index contributed by atoms with van der Waals surface area (Å²) < 4.78 is 55.0. The Balaban J connectivity index is 1.80. The van der Waals surface area contributed by atoms with E-state index in [2.05, 4.69) is 10.3 Å². The molecule has 9 heteroatoms. The normalized spacial score (nSPS) is 11.3. The van der Waals surface area contributed by atoms with Crippen molar-refractivity contribution in [3.8, 4) is 16.3 Å². The van der Waals surface area contributed by atoms with Crippen LogP contribution in [0.25, 0.3) is 10.6 Å². The molecule has 3 rings (SSSR count). The van der Waals surface area contributed by atoms with Gasteiger partial charge in [0.15, 0.2) is 6.61 Å². The number of thiazole rings is 1. The van der Waals surface area contributed by atoms with Gasteiger partial charge >= 0.3 is 6.18 Å². The van der Waals surface area contributed by atoms with Crippen molar-refractivity contribution in [1.82, 2.24) is 4.98 Å². The average molecular weight is 410 g/mol. The van der Waals surface area contributed by atoms with Gasteiger partial charge in [-0.1, -0.05) is 12.1 Å². The topological polar surface area (TPSA) is 51.2 Å². The number of rotatable bonds is 5. The fraction of sp³-hybridized carbons (Fsp3) is 0.158. The number of hydrogen-bond donors (Lipinski definition) is 1. The number of alkyl halides is 3. The molecule has 0 unspecified atom stereocenters. The Morgan fingerprint density at radius 3 is 2.50 bits per heavy atom. The zero-order valence-corrected chi connectivity index (χ0v) is 15.3. The predicted molar refractivity (Wildman–Crippen MR) is 98.2 cm³/mol. The molecule has 4 nitrogen and oxygen atoms in total. The van der Waals surface area contributed by atoms with Crippen LogP contribution in [-0.2, 0) is 0 Å². The van der Waals surface area contributed by atoms with Crippen LogP contribution in [0.5, 0.6) is 5.75 Å². The molecule has 0 radical (unpaired) electrons. The highest BCUT2D eigenvalue weighted by Crippen LogP contribution is 2.31. The smallest absolute Gasteiger partial charge is 0.422 e. The first kappa shape index (κ1) is 19.8. The van der Waals surface area contributed by atoms with Crippen molar-refractivity contribution in [2.24, 2.45) is 0 Å². The standard InChI is InChI=1S/C19H14F4N2O2S/c1-11-16(28-18(24-11)12-6-8-13(20)9-7-12)17(26)25-14-4-2-3-5-15(14)27-10-19(21,22)23/h2-9H,10H2,1H3,(H,25,26). The summed E-state index contributed by atoms with van der Waals surface area (Å²) in [5, 5.41) is 3.09. The van der Waals surface area contributed by atoms with Gasteiger partial charge in [-0.25, -0.2) is 9.37 Å². The first-order valence-corrected chi connectivity index (χ1v) is 8.88. The molecule has 0 aliphatic heterocycles. The number of carbonyl (C=O) groups is 1. The minimum atomic E-state index is -4.49. The molecular formula is C19H14F4N2O2S. The van der Waals surface area contributed by atoms with Gasteiger partial charge in [-0.05, 0) is 43.3 Å². The van der Waals surface area contributed by atoms with Gasteiger partial charge in [-0.2, -0.15) is 13.2 Å². The second kappa shape index (κ2) is 7.97. The molecule has 0 saturated heterocycles. The van der Waals surface area contributed by atoms with Crippen molar-refractivity contribution in [3.05, 3.63) is 64.9 Å². The number of benzene rings is 2. The van der Waals surface area contributed by atoms with E-state index >= 15 is 0 Å². The number of nitrogens with zero attached hydrogens (tertiary/aromatic N) is 1. The van der Waals surface area contributed by atoms with Crippen molar-refractivity contribution in [2.75, 3.05) is 11.9 Å². The number of carbonyl (C=O) groups excluding carboxylic acids is 1. The van der Waals surface area contributed by atoms with Gasteiger partial charge in [-0.3, -0.25) is 4.79 Å². The number of ether oxygens (including phenoxy) is 1. The van der Waals surface area contributed by atoms with Gasteiger partial charge in [0.2, 0.25) is 0 Å². The zero-order valence-electron chi connectivity index (χ0n) is 14.5. The summed E-state index contributed by atoms with van der Waals surface area (Å²) in [6.07, 6.45) is -4.49. The Morgan fingerprint density at radius 2 is 1.82 bits per heavy atom. The van der Waals surface area contributed by atoms with Gasteiger partial charge in [0.1, 0.15) is 21.5 Å². The van der Waals surface area contributed by atoms with Crippen LogP contribution in [-0.4, -0.2) is 23.7 Å². The van der Waals surface area contributed by atoms with E-state index in [1.54, 1.807) is 25.1 Å². The molecule has 0 fully saturated rings. The Morgan fingerprint density at radius 1 is 1.14 bits per heavy atom. The molecule has 146 valence electrons. The number of hydrogen-bond acceptors (Lipinski definition) is 4. The maximum absolute atomic E-state index is 13.1. The summed E-state index contributed by atoms with van der Waals surface area (Å²) in [5.74, 6) is -0.994. The molecule has 1 amide bonds. The lowest BCUT2D eigenvalue weighted by Gasteiger charge is -2.13. The number of nitrogens with one attached hydrogen (secondary N) is 1. The minimum absolute atomic E-state index is 0.0888. The van der Waals surface area contributed by atoms with Crippen LogP contribution in [0.15, 0.2) is 48.5 Å². The second-order valence-electron chi connectivity index (χ2n) is 5.79. The Hall–Kier alpha value is -2.94. The molecule has 1 heterocycles. The van der Waals surface area contributed by atoms with Gasteiger partial charge in [0, 0.05) is 5.56 Å². The largest absolute Gasteiger partial charge is 0.482 e. The molecule has 0 bridgehead atoms. The van der Waals surface area contributed by atoms with Crippen LogP contribution in [0, 0.1) is 12.7 Å². The van der Waals surface area contributed by atoms with E-state index < -0.39 is 18.7 Å². The summed E-state index contributed by atoms with van der Waals surface area (Å²) in [5.41, 5.74) is 1.23. The summed E-state index contributed by atoms with van der Waals surface area (Å²) >= 11 is 1.10. The Bertz CT molecular complexity index is 984. The minimum Gasteiger partial charge on any atom is -0.482 e. The lowest BCUT2D eigenvalue weighted by molar-refractivity contribution is -0.153. The number of aryl methyl sites for hydroxylation is 1. The van der Waals surface area contributed by atoms with E-state index in [4.69, 9.17) is 4.74 Å². The van der Waals surface area contributed by atoms with Crippen LogP contribution in [0.2, 0.25) is 0 Å². The molecule has 0 spiro atoms. The third kappa shape index (κ3) is 4.86. The van der Waals surface area contributed by atoms with Crippen molar-refractivity contribution in [1.29, 1.82) is 0 Å². The molecule has 0 aliphatic carbocycles. The third-order valence-electron chi connectivity index (χ3n) is 3.62. The Kier molecular flexibility index (Phi) is 5.64. The highest BCUT2D eigenvalue weighted by atomic mass is 32.1. The molecule has 1 aromatic heterocycles. The lowest BCUT2D eigenvalue weighted by atomic mass is 10.2. The highest BCUT2D eigenvalue weighted by Gasteiger charge is 2.29. The first-order chi connectivity index (χ1) is 13.2. The molecule has 0 aliphatic rings. The molecule has 2 aromatic carbocycles. The van der Waals surface area contributed by atoms with Gasteiger partial charge in [-0.15, -0.1) is 11.3 Å². The maximum Gasteiger partial charge on any atom is 0.422 e. The SMILES string of the molecule is Cc1nc(-c2ccc(F)cc2)sc1C(=O)Nc1ccccc1OCC(F)(F)F. The number of aromatic nitrogens is 1. The second-order valence-corrected chi connectivity index (χ2v) is 6.79. The van der Waals surface area contributed by atoms with Gasteiger partial charge < -0.3 is 10.1 Å². The van der Waals surface area contributed by atoms with Crippen LogP contribution < -0.4 is 10.1 Å². The number of halogens is 4. The average Bonchev–Trinajstić information content (AvgIpc) is 3.03. The van der Waals surface area contributed by atoms with Gasteiger partial charge in [0.05, 0.1) is 11.4 Å². The van der Waals surface area contributed by atoms with Crippen molar-refractivity contribution in [3.63, 3.8) is 0 Å². The quantitative estimate of drug-likeness (QED) is 0.569. The van der Waals surface area contributed by atoms with E-state index in [0.717, 1.165) is 11.3 Å². The molecular weight excluding hydrogens is 396 g/mol. The Labute approximate surface area is 161 Å². The van der Waals surface area contributed by atoms with Crippen LogP contribution in [0.4, 0.5) is 23.2 Å². The van der Waals surface area contributed by atoms with E-state index in [-0.39, 0.29) is 17.3 Å². The number of para-hydroxylation sites is 2.